The largest absolute Gasteiger partial charge is 0.478 e. The van der Waals surface area contributed by atoms with Gasteiger partial charge in [-0.1, -0.05) is 24.3 Å². The standard InChI is InChI=1S/C15H14O3S/c1-11-14(8-9-18-11)19-10-13-5-3-2-4-12(13)6-7-15(16)17/h2-9H,10H2,1H3,(H,16,17)/b7-6+. The number of rotatable bonds is 5. The van der Waals surface area contributed by atoms with Gasteiger partial charge in [-0.25, -0.2) is 4.79 Å². The van der Waals surface area contributed by atoms with Gasteiger partial charge in [0.05, 0.1) is 6.26 Å². The molecule has 1 heterocycles. The Morgan fingerprint density at radius 3 is 2.84 bits per heavy atom. The Balaban J connectivity index is 2.12. The molecule has 98 valence electrons. The van der Waals surface area contributed by atoms with Crippen molar-refractivity contribution in [3.8, 4) is 0 Å². The molecule has 1 aromatic heterocycles. The highest BCUT2D eigenvalue weighted by molar-refractivity contribution is 7.98. The molecule has 0 aliphatic carbocycles. The molecular formula is C15H14O3S. The molecular weight excluding hydrogens is 260 g/mol. The van der Waals surface area contributed by atoms with Gasteiger partial charge in [-0.15, -0.1) is 11.8 Å². The Kier molecular flexibility index (Phi) is 4.47. The Labute approximate surface area is 115 Å². The lowest BCUT2D eigenvalue weighted by Crippen LogP contribution is -1.89. The zero-order valence-corrected chi connectivity index (χ0v) is 11.3. The minimum absolute atomic E-state index is 0.778. The molecule has 2 rings (SSSR count). The van der Waals surface area contributed by atoms with Crippen LogP contribution in [0.5, 0.6) is 0 Å². The van der Waals surface area contributed by atoms with Crippen molar-refractivity contribution in [2.24, 2.45) is 0 Å². The van der Waals surface area contributed by atoms with Crippen LogP contribution < -0.4 is 0 Å². The third-order valence-electron chi connectivity index (χ3n) is 2.65. The molecule has 1 aromatic carbocycles. The number of furan rings is 1. The molecule has 0 radical (unpaired) electrons. The van der Waals surface area contributed by atoms with E-state index < -0.39 is 5.97 Å². The Morgan fingerprint density at radius 1 is 1.37 bits per heavy atom. The monoisotopic (exact) mass is 274 g/mol. The molecule has 0 amide bonds. The fourth-order valence-electron chi connectivity index (χ4n) is 1.67. The van der Waals surface area contributed by atoms with E-state index in [4.69, 9.17) is 9.52 Å². The average molecular weight is 274 g/mol. The molecule has 0 unspecified atom stereocenters. The van der Waals surface area contributed by atoms with Gasteiger partial charge in [0.2, 0.25) is 0 Å². The summed E-state index contributed by atoms with van der Waals surface area (Å²) in [5, 5.41) is 8.68. The molecule has 0 saturated carbocycles. The summed E-state index contributed by atoms with van der Waals surface area (Å²) in [7, 11) is 0. The van der Waals surface area contributed by atoms with Gasteiger partial charge >= 0.3 is 5.97 Å². The van der Waals surface area contributed by atoms with Crippen LogP contribution in [0.3, 0.4) is 0 Å². The van der Waals surface area contributed by atoms with Crippen LogP contribution in [0.15, 0.2) is 52.0 Å². The molecule has 19 heavy (non-hydrogen) atoms. The van der Waals surface area contributed by atoms with Crippen LogP contribution in [0.25, 0.3) is 6.08 Å². The second-order valence-corrected chi connectivity index (χ2v) is 5.02. The Hall–Kier alpha value is -1.94. The van der Waals surface area contributed by atoms with Crippen LogP contribution in [0.4, 0.5) is 0 Å². The summed E-state index contributed by atoms with van der Waals surface area (Å²) < 4.78 is 5.25. The molecule has 2 aromatic rings. The number of aryl methyl sites for hydroxylation is 1. The third-order valence-corrected chi connectivity index (χ3v) is 3.84. The summed E-state index contributed by atoms with van der Waals surface area (Å²) in [6.07, 6.45) is 4.46. The van der Waals surface area contributed by atoms with E-state index >= 15 is 0 Å². The van der Waals surface area contributed by atoms with Gasteiger partial charge in [0.1, 0.15) is 5.76 Å². The highest BCUT2D eigenvalue weighted by Gasteiger charge is 2.04. The van der Waals surface area contributed by atoms with Gasteiger partial charge in [0, 0.05) is 16.7 Å². The van der Waals surface area contributed by atoms with Crippen molar-refractivity contribution in [3.63, 3.8) is 0 Å². The van der Waals surface area contributed by atoms with Crippen LogP contribution in [-0.2, 0) is 10.5 Å². The normalized spacial score (nSPS) is 11.0. The lowest BCUT2D eigenvalue weighted by molar-refractivity contribution is -0.131. The maximum Gasteiger partial charge on any atom is 0.328 e. The van der Waals surface area contributed by atoms with Crippen molar-refractivity contribution in [2.45, 2.75) is 17.6 Å². The molecule has 0 spiro atoms. The number of carboxylic acid groups (broad SMARTS) is 1. The third kappa shape index (κ3) is 3.76. The number of hydrogen-bond donors (Lipinski definition) is 1. The number of aliphatic carboxylic acids is 1. The first-order valence-corrected chi connectivity index (χ1v) is 6.81. The second kappa shape index (κ2) is 6.29. The predicted molar refractivity (Wildman–Crippen MR) is 76.1 cm³/mol. The first kappa shape index (κ1) is 13.5. The smallest absolute Gasteiger partial charge is 0.328 e. The summed E-state index contributed by atoms with van der Waals surface area (Å²) in [6.45, 7) is 1.93. The molecule has 0 bridgehead atoms. The number of thioether (sulfide) groups is 1. The summed E-state index contributed by atoms with van der Waals surface area (Å²) >= 11 is 1.68. The maximum atomic E-state index is 10.6. The first-order valence-electron chi connectivity index (χ1n) is 5.82. The first-order chi connectivity index (χ1) is 9.16. The SMILES string of the molecule is Cc1occc1SCc1ccccc1/C=C/C(=O)O. The molecule has 4 heteroatoms. The highest BCUT2D eigenvalue weighted by Crippen LogP contribution is 2.28. The van der Waals surface area contributed by atoms with Crippen molar-refractivity contribution in [3.05, 3.63) is 59.6 Å². The number of benzene rings is 1. The van der Waals surface area contributed by atoms with E-state index in [1.807, 2.05) is 37.3 Å². The topological polar surface area (TPSA) is 50.4 Å². The fraction of sp³-hybridized carbons (Fsp3) is 0.133. The minimum atomic E-state index is -0.937. The van der Waals surface area contributed by atoms with Crippen molar-refractivity contribution in [2.75, 3.05) is 0 Å². The minimum Gasteiger partial charge on any atom is -0.478 e. The highest BCUT2D eigenvalue weighted by atomic mass is 32.2. The van der Waals surface area contributed by atoms with E-state index in [1.165, 1.54) is 0 Å². The van der Waals surface area contributed by atoms with Crippen LogP contribution in [-0.4, -0.2) is 11.1 Å². The molecule has 0 aliphatic heterocycles. The van der Waals surface area contributed by atoms with Crippen molar-refractivity contribution in [1.82, 2.24) is 0 Å². The van der Waals surface area contributed by atoms with Crippen LogP contribution in [0, 0.1) is 6.92 Å². The van der Waals surface area contributed by atoms with E-state index in [0.29, 0.717) is 0 Å². The summed E-state index contributed by atoms with van der Waals surface area (Å²) in [4.78, 5) is 11.7. The molecule has 0 atom stereocenters. The quantitative estimate of drug-likeness (QED) is 0.662. The summed E-state index contributed by atoms with van der Waals surface area (Å²) in [5.74, 6) is 0.747. The summed E-state index contributed by atoms with van der Waals surface area (Å²) in [6, 6.07) is 9.71. The maximum absolute atomic E-state index is 10.6. The zero-order valence-electron chi connectivity index (χ0n) is 10.5. The number of carbonyl (C=O) groups is 1. The van der Waals surface area contributed by atoms with E-state index in [2.05, 4.69) is 0 Å². The van der Waals surface area contributed by atoms with E-state index in [1.54, 1.807) is 24.1 Å². The number of hydrogen-bond acceptors (Lipinski definition) is 3. The molecule has 3 nitrogen and oxygen atoms in total. The van der Waals surface area contributed by atoms with Gasteiger partial charge in [0.15, 0.2) is 0 Å². The molecule has 0 saturated heterocycles. The van der Waals surface area contributed by atoms with Gasteiger partial charge in [-0.3, -0.25) is 0 Å². The van der Waals surface area contributed by atoms with Crippen LogP contribution >= 0.6 is 11.8 Å². The molecule has 1 N–H and O–H groups in total. The van der Waals surface area contributed by atoms with Crippen molar-refractivity contribution in [1.29, 1.82) is 0 Å². The number of carboxylic acids is 1. The van der Waals surface area contributed by atoms with Gasteiger partial charge in [-0.05, 0) is 30.2 Å². The summed E-state index contributed by atoms with van der Waals surface area (Å²) in [5.41, 5.74) is 2.03. The lowest BCUT2D eigenvalue weighted by Gasteiger charge is -2.05. The van der Waals surface area contributed by atoms with Gasteiger partial charge in [-0.2, -0.15) is 0 Å². The molecule has 0 fully saturated rings. The zero-order chi connectivity index (χ0) is 13.7. The van der Waals surface area contributed by atoms with E-state index in [9.17, 15) is 4.79 Å². The Morgan fingerprint density at radius 2 is 2.16 bits per heavy atom. The van der Waals surface area contributed by atoms with E-state index in [-0.39, 0.29) is 0 Å². The van der Waals surface area contributed by atoms with E-state index in [0.717, 1.165) is 33.6 Å². The Bertz CT molecular complexity index is 599. The van der Waals surface area contributed by atoms with Gasteiger partial charge in [0.25, 0.3) is 0 Å². The lowest BCUT2D eigenvalue weighted by atomic mass is 10.1. The molecule has 0 aliphatic rings. The van der Waals surface area contributed by atoms with Crippen molar-refractivity contribution < 1.29 is 14.3 Å². The fourth-order valence-corrected chi connectivity index (χ4v) is 2.64. The van der Waals surface area contributed by atoms with Crippen LogP contribution in [0.2, 0.25) is 0 Å². The van der Waals surface area contributed by atoms with Crippen LogP contribution in [0.1, 0.15) is 16.9 Å². The second-order valence-electron chi connectivity index (χ2n) is 4.00. The average Bonchev–Trinajstić information content (AvgIpc) is 2.80. The predicted octanol–water partition coefficient (Wildman–Crippen LogP) is 3.98. The van der Waals surface area contributed by atoms with Crippen molar-refractivity contribution >= 4 is 23.8 Å². The van der Waals surface area contributed by atoms with Gasteiger partial charge < -0.3 is 9.52 Å².